The van der Waals surface area contributed by atoms with Gasteiger partial charge < -0.3 is 15.4 Å². The molecule has 1 aliphatic heterocycles. The fourth-order valence-electron chi connectivity index (χ4n) is 2.05. The smallest absolute Gasteiger partial charge is 0.171 e. The van der Waals surface area contributed by atoms with Gasteiger partial charge in [-0.25, -0.2) is 4.98 Å². The molecule has 2 N–H and O–H groups in total. The second-order valence-electron chi connectivity index (χ2n) is 5.06. The van der Waals surface area contributed by atoms with E-state index in [9.17, 15) is 0 Å². The van der Waals surface area contributed by atoms with Gasteiger partial charge in [0.2, 0.25) is 0 Å². The molecule has 0 aliphatic carbocycles. The van der Waals surface area contributed by atoms with Crippen molar-refractivity contribution < 1.29 is 4.74 Å². The molecule has 2 rings (SSSR count). The molecule has 2 heterocycles. The standard InChI is InChI=1S/C13H21N3O/c1-4-13(14)8-16(9-13)12-11(17-10(2)3)6-5-7-15-12/h5-7,10H,4,8-9,14H2,1-3H3. The number of nitrogens with two attached hydrogens (primary N) is 1. The second-order valence-corrected chi connectivity index (χ2v) is 5.06. The van der Waals surface area contributed by atoms with Gasteiger partial charge in [-0.05, 0) is 32.4 Å². The second kappa shape index (κ2) is 4.53. The lowest BCUT2D eigenvalue weighted by Gasteiger charge is -2.48. The summed E-state index contributed by atoms with van der Waals surface area (Å²) in [7, 11) is 0. The monoisotopic (exact) mass is 235 g/mol. The molecule has 0 bridgehead atoms. The maximum Gasteiger partial charge on any atom is 0.171 e. The van der Waals surface area contributed by atoms with Crippen LogP contribution in [0.25, 0.3) is 0 Å². The highest BCUT2D eigenvalue weighted by atomic mass is 16.5. The lowest BCUT2D eigenvalue weighted by Crippen LogP contribution is -2.67. The van der Waals surface area contributed by atoms with Gasteiger partial charge in [0.15, 0.2) is 11.6 Å². The average molecular weight is 235 g/mol. The highest BCUT2D eigenvalue weighted by Gasteiger charge is 2.39. The van der Waals surface area contributed by atoms with Crippen molar-refractivity contribution in [2.45, 2.75) is 38.8 Å². The van der Waals surface area contributed by atoms with Crippen LogP contribution in [0.4, 0.5) is 5.82 Å². The zero-order valence-corrected chi connectivity index (χ0v) is 10.8. The molecule has 4 heteroatoms. The molecule has 94 valence electrons. The Kier molecular flexibility index (Phi) is 3.24. The fraction of sp³-hybridized carbons (Fsp3) is 0.615. The number of ether oxygens (including phenoxy) is 1. The van der Waals surface area contributed by atoms with Crippen LogP contribution in [0.5, 0.6) is 5.75 Å². The van der Waals surface area contributed by atoms with Crippen LogP contribution in [-0.2, 0) is 0 Å². The zero-order chi connectivity index (χ0) is 12.5. The maximum atomic E-state index is 6.17. The van der Waals surface area contributed by atoms with Gasteiger partial charge in [0, 0.05) is 19.3 Å². The van der Waals surface area contributed by atoms with Crippen molar-refractivity contribution in [1.82, 2.24) is 4.98 Å². The van der Waals surface area contributed by atoms with Crippen molar-refractivity contribution in [1.29, 1.82) is 0 Å². The molecular formula is C13H21N3O. The average Bonchev–Trinajstić information content (AvgIpc) is 2.25. The first kappa shape index (κ1) is 12.2. The zero-order valence-electron chi connectivity index (χ0n) is 10.8. The molecule has 0 atom stereocenters. The number of hydrogen-bond donors (Lipinski definition) is 1. The number of anilines is 1. The van der Waals surface area contributed by atoms with Gasteiger partial charge in [-0.1, -0.05) is 6.92 Å². The Labute approximate surface area is 103 Å². The van der Waals surface area contributed by atoms with Crippen LogP contribution >= 0.6 is 0 Å². The minimum atomic E-state index is -0.0490. The normalized spacial score (nSPS) is 18.1. The SMILES string of the molecule is CCC1(N)CN(c2ncccc2OC(C)C)C1. The molecule has 0 aromatic carbocycles. The molecule has 0 unspecified atom stereocenters. The number of aromatic nitrogens is 1. The number of nitrogens with zero attached hydrogens (tertiary/aromatic N) is 2. The van der Waals surface area contributed by atoms with Gasteiger partial charge in [-0.15, -0.1) is 0 Å². The van der Waals surface area contributed by atoms with Gasteiger partial charge in [-0.3, -0.25) is 0 Å². The van der Waals surface area contributed by atoms with Crippen LogP contribution in [0.1, 0.15) is 27.2 Å². The Morgan fingerprint density at radius 1 is 1.53 bits per heavy atom. The predicted octanol–water partition coefficient (Wildman–Crippen LogP) is 1.80. The molecule has 0 saturated carbocycles. The van der Waals surface area contributed by atoms with E-state index in [0.29, 0.717) is 0 Å². The van der Waals surface area contributed by atoms with E-state index >= 15 is 0 Å². The van der Waals surface area contributed by atoms with Gasteiger partial charge in [-0.2, -0.15) is 0 Å². The molecule has 1 aliphatic rings. The summed E-state index contributed by atoms with van der Waals surface area (Å²) in [6.07, 6.45) is 2.95. The van der Waals surface area contributed by atoms with E-state index in [2.05, 4.69) is 16.8 Å². The molecule has 1 aromatic heterocycles. The van der Waals surface area contributed by atoms with Gasteiger partial charge >= 0.3 is 0 Å². The van der Waals surface area contributed by atoms with Crippen LogP contribution in [0, 0.1) is 0 Å². The fourth-order valence-corrected chi connectivity index (χ4v) is 2.05. The maximum absolute atomic E-state index is 6.17. The first-order valence-electron chi connectivity index (χ1n) is 6.19. The Morgan fingerprint density at radius 3 is 2.82 bits per heavy atom. The first-order chi connectivity index (χ1) is 8.04. The van der Waals surface area contributed by atoms with E-state index in [-0.39, 0.29) is 11.6 Å². The van der Waals surface area contributed by atoms with Gasteiger partial charge in [0.05, 0.1) is 11.6 Å². The van der Waals surface area contributed by atoms with Crippen molar-refractivity contribution in [3.63, 3.8) is 0 Å². The van der Waals surface area contributed by atoms with E-state index in [1.165, 1.54) is 0 Å². The molecule has 0 amide bonds. The summed E-state index contributed by atoms with van der Waals surface area (Å²) >= 11 is 0. The summed E-state index contributed by atoms with van der Waals surface area (Å²) in [4.78, 5) is 6.58. The Balaban J connectivity index is 2.12. The van der Waals surface area contributed by atoms with E-state index < -0.39 is 0 Å². The summed E-state index contributed by atoms with van der Waals surface area (Å²) in [5.41, 5.74) is 6.12. The van der Waals surface area contributed by atoms with Crippen LogP contribution < -0.4 is 15.4 Å². The third kappa shape index (κ3) is 2.52. The third-order valence-electron chi connectivity index (χ3n) is 3.13. The number of hydrogen-bond acceptors (Lipinski definition) is 4. The number of pyridine rings is 1. The molecule has 4 nitrogen and oxygen atoms in total. The van der Waals surface area contributed by atoms with Crippen molar-refractivity contribution in [3.8, 4) is 5.75 Å². The lowest BCUT2D eigenvalue weighted by atomic mass is 9.88. The summed E-state index contributed by atoms with van der Waals surface area (Å²) in [6, 6.07) is 3.86. The van der Waals surface area contributed by atoms with Crippen LogP contribution in [0.15, 0.2) is 18.3 Å². The van der Waals surface area contributed by atoms with Crippen LogP contribution in [0.2, 0.25) is 0 Å². The molecule has 17 heavy (non-hydrogen) atoms. The molecule has 1 aromatic rings. The molecule has 0 radical (unpaired) electrons. The van der Waals surface area contributed by atoms with E-state index in [1.807, 2.05) is 26.0 Å². The van der Waals surface area contributed by atoms with Crippen molar-refractivity contribution in [2.75, 3.05) is 18.0 Å². The summed E-state index contributed by atoms with van der Waals surface area (Å²) in [6.45, 7) is 7.88. The van der Waals surface area contributed by atoms with Crippen LogP contribution in [0.3, 0.4) is 0 Å². The summed E-state index contributed by atoms with van der Waals surface area (Å²) in [5, 5.41) is 0. The Bertz CT molecular complexity index is 386. The highest BCUT2D eigenvalue weighted by molar-refractivity contribution is 5.55. The largest absolute Gasteiger partial charge is 0.487 e. The van der Waals surface area contributed by atoms with E-state index in [0.717, 1.165) is 31.1 Å². The molecule has 0 spiro atoms. The predicted molar refractivity (Wildman–Crippen MR) is 69.4 cm³/mol. The van der Waals surface area contributed by atoms with Gasteiger partial charge in [0.1, 0.15) is 0 Å². The number of rotatable bonds is 4. The van der Waals surface area contributed by atoms with Crippen molar-refractivity contribution in [3.05, 3.63) is 18.3 Å². The summed E-state index contributed by atoms with van der Waals surface area (Å²) in [5.74, 6) is 1.76. The van der Waals surface area contributed by atoms with E-state index in [4.69, 9.17) is 10.5 Å². The third-order valence-corrected chi connectivity index (χ3v) is 3.13. The minimum absolute atomic E-state index is 0.0490. The first-order valence-corrected chi connectivity index (χ1v) is 6.19. The molecule has 1 fully saturated rings. The van der Waals surface area contributed by atoms with Gasteiger partial charge in [0.25, 0.3) is 0 Å². The Morgan fingerprint density at radius 2 is 2.24 bits per heavy atom. The van der Waals surface area contributed by atoms with Crippen LogP contribution in [-0.4, -0.2) is 29.7 Å². The van der Waals surface area contributed by atoms with E-state index in [1.54, 1.807) is 6.20 Å². The summed E-state index contributed by atoms with van der Waals surface area (Å²) < 4.78 is 5.76. The topological polar surface area (TPSA) is 51.4 Å². The highest BCUT2D eigenvalue weighted by Crippen LogP contribution is 2.33. The van der Waals surface area contributed by atoms with Crippen molar-refractivity contribution >= 4 is 5.82 Å². The molecule has 1 saturated heterocycles. The minimum Gasteiger partial charge on any atom is -0.487 e. The van der Waals surface area contributed by atoms with Crippen molar-refractivity contribution in [2.24, 2.45) is 5.73 Å². The quantitative estimate of drug-likeness (QED) is 0.864. The lowest BCUT2D eigenvalue weighted by molar-refractivity contribution is 0.238. The Hall–Kier alpha value is -1.29. The molecular weight excluding hydrogens is 214 g/mol.